The molecule has 2 aromatic rings. The molecule has 2 rings (SSSR count). The lowest BCUT2D eigenvalue weighted by atomic mass is 9.99. The van der Waals surface area contributed by atoms with E-state index in [0.717, 1.165) is 0 Å². The largest absolute Gasteiger partial charge is 0.346 e. The molecule has 0 fully saturated rings. The van der Waals surface area contributed by atoms with E-state index in [1.807, 2.05) is 13.2 Å². The van der Waals surface area contributed by atoms with Crippen molar-refractivity contribution in [1.29, 1.82) is 0 Å². The van der Waals surface area contributed by atoms with Gasteiger partial charge in [0.2, 0.25) is 6.39 Å². The van der Waals surface area contributed by atoms with Gasteiger partial charge >= 0.3 is 0 Å². The van der Waals surface area contributed by atoms with Gasteiger partial charge in [0.25, 0.3) is 0 Å². The van der Waals surface area contributed by atoms with Crippen LogP contribution in [0.15, 0.2) is 29.4 Å². The lowest BCUT2D eigenvalue weighted by Crippen LogP contribution is -2.21. The Kier molecular flexibility index (Phi) is 3.58. The summed E-state index contributed by atoms with van der Waals surface area (Å²) in [6.07, 6.45) is 5.51. The molecule has 0 aromatic carbocycles. The van der Waals surface area contributed by atoms with Crippen molar-refractivity contribution >= 4 is 0 Å². The van der Waals surface area contributed by atoms with E-state index in [-0.39, 0.29) is 0 Å². The lowest BCUT2D eigenvalue weighted by molar-refractivity contribution is 0.408. The summed E-state index contributed by atoms with van der Waals surface area (Å²) in [5.74, 6) is 1.25. The standard InChI is InChI=1S/C12H18N4O/c1-9(2)12(13-3)10-4-5-16(6-10)7-11-14-8-17-15-11/h4-6,8-9,12-13H,7H2,1-3H3. The Balaban J connectivity index is 2.10. The molecule has 0 spiro atoms. The molecule has 5 nitrogen and oxygen atoms in total. The number of hydrogen-bond donors (Lipinski definition) is 1. The minimum Gasteiger partial charge on any atom is -0.346 e. The fourth-order valence-electron chi connectivity index (χ4n) is 2.05. The molecule has 5 heteroatoms. The number of aromatic nitrogens is 3. The average Bonchev–Trinajstić information content (AvgIpc) is 2.91. The Morgan fingerprint density at radius 2 is 2.29 bits per heavy atom. The summed E-state index contributed by atoms with van der Waals surface area (Å²) in [6, 6.07) is 2.50. The fraction of sp³-hybridized carbons (Fsp3) is 0.500. The normalized spacial score (nSPS) is 13.2. The Bertz CT molecular complexity index is 447. The summed E-state index contributed by atoms with van der Waals surface area (Å²) in [4.78, 5) is 4.01. The molecule has 0 aliphatic carbocycles. The van der Waals surface area contributed by atoms with Gasteiger partial charge in [-0.3, -0.25) is 0 Å². The molecule has 0 aliphatic rings. The average molecular weight is 234 g/mol. The van der Waals surface area contributed by atoms with Crippen LogP contribution in [0.1, 0.15) is 31.3 Å². The van der Waals surface area contributed by atoms with Crippen molar-refractivity contribution < 1.29 is 4.52 Å². The van der Waals surface area contributed by atoms with Gasteiger partial charge in [-0.1, -0.05) is 19.0 Å². The SMILES string of the molecule is CNC(c1ccn(Cc2ncon2)c1)C(C)C. The second-order valence-electron chi connectivity index (χ2n) is 4.47. The van der Waals surface area contributed by atoms with Gasteiger partial charge in [0, 0.05) is 18.4 Å². The molecule has 17 heavy (non-hydrogen) atoms. The molecule has 0 radical (unpaired) electrons. The smallest absolute Gasteiger partial charge is 0.213 e. The summed E-state index contributed by atoms with van der Waals surface area (Å²) in [6.45, 7) is 5.06. The van der Waals surface area contributed by atoms with Crippen molar-refractivity contribution in [2.24, 2.45) is 5.92 Å². The molecule has 1 N–H and O–H groups in total. The third-order valence-corrected chi connectivity index (χ3v) is 2.84. The van der Waals surface area contributed by atoms with Crippen LogP contribution in [-0.2, 0) is 6.54 Å². The van der Waals surface area contributed by atoms with E-state index in [1.54, 1.807) is 0 Å². The first kappa shape index (κ1) is 11.9. The summed E-state index contributed by atoms with van der Waals surface area (Å²) >= 11 is 0. The van der Waals surface area contributed by atoms with Crippen molar-refractivity contribution in [1.82, 2.24) is 20.0 Å². The predicted octanol–water partition coefficient (Wildman–Crippen LogP) is 1.84. The highest BCUT2D eigenvalue weighted by molar-refractivity contribution is 5.16. The van der Waals surface area contributed by atoms with Crippen molar-refractivity contribution in [3.05, 3.63) is 36.2 Å². The van der Waals surface area contributed by atoms with Crippen molar-refractivity contribution in [3.8, 4) is 0 Å². The maximum atomic E-state index is 4.71. The first-order chi connectivity index (χ1) is 8.20. The molecule has 0 saturated carbocycles. The quantitative estimate of drug-likeness (QED) is 0.857. The predicted molar refractivity (Wildman–Crippen MR) is 64.5 cm³/mol. The van der Waals surface area contributed by atoms with Crippen molar-refractivity contribution in [2.45, 2.75) is 26.4 Å². The van der Waals surface area contributed by atoms with Crippen LogP contribution in [0.3, 0.4) is 0 Å². The number of nitrogens with one attached hydrogen (secondary N) is 1. The van der Waals surface area contributed by atoms with Crippen LogP contribution >= 0.6 is 0 Å². The van der Waals surface area contributed by atoms with Gasteiger partial charge in [0.05, 0.1) is 6.54 Å². The van der Waals surface area contributed by atoms with Gasteiger partial charge in [-0.05, 0) is 24.6 Å². The van der Waals surface area contributed by atoms with E-state index < -0.39 is 0 Å². The first-order valence-corrected chi connectivity index (χ1v) is 5.79. The zero-order valence-electron chi connectivity index (χ0n) is 10.4. The summed E-state index contributed by atoms with van der Waals surface area (Å²) < 4.78 is 6.78. The van der Waals surface area contributed by atoms with Gasteiger partial charge in [-0.25, -0.2) is 0 Å². The van der Waals surface area contributed by atoms with Crippen LogP contribution in [0.25, 0.3) is 0 Å². The highest BCUT2D eigenvalue weighted by atomic mass is 16.5. The first-order valence-electron chi connectivity index (χ1n) is 5.79. The zero-order chi connectivity index (χ0) is 12.3. The third kappa shape index (κ3) is 2.74. The van der Waals surface area contributed by atoms with E-state index in [0.29, 0.717) is 24.3 Å². The summed E-state index contributed by atoms with van der Waals surface area (Å²) in [7, 11) is 1.99. The Labute approximate surface area is 101 Å². The number of rotatable bonds is 5. The molecule has 0 bridgehead atoms. The van der Waals surface area contributed by atoms with Crippen LogP contribution in [0, 0.1) is 5.92 Å². The van der Waals surface area contributed by atoms with Gasteiger partial charge < -0.3 is 14.4 Å². The van der Waals surface area contributed by atoms with Crippen LogP contribution in [-0.4, -0.2) is 21.8 Å². The summed E-state index contributed by atoms with van der Waals surface area (Å²) in [5, 5.41) is 7.13. The van der Waals surface area contributed by atoms with Gasteiger partial charge in [-0.15, -0.1) is 0 Å². The van der Waals surface area contributed by atoms with Gasteiger partial charge in [0.1, 0.15) is 0 Å². The van der Waals surface area contributed by atoms with Crippen LogP contribution in [0.2, 0.25) is 0 Å². The lowest BCUT2D eigenvalue weighted by Gasteiger charge is -2.18. The maximum absolute atomic E-state index is 4.71. The molecule has 0 aliphatic heterocycles. The van der Waals surface area contributed by atoms with E-state index in [4.69, 9.17) is 4.52 Å². The molecular weight excluding hydrogens is 216 g/mol. The van der Waals surface area contributed by atoms with E-state index in [9.17, 15) is 0 Å². The monoisotopic (exact) mass is 234 g/mol. The Hall–Kier alpha value is -1.62. The van der Waals surface area contributed by atoms with Crippen molar-refractivity contribution in [2.75, 3.05) is 7.05 Å². The maximum Gasteiger partial charge on any atom is 0.213 e. The van der Waals surface area contributed by atoms with E-state index >= 15 is 0 Å². The van der Waals surface area contributed by atoms with E-state index in [2.05, 4.69) is 46.1 Å². The molecule has 1 atom stereocenters. The number of hydrogen-bond acceptors (Lipinski definition) is 4. The molecule has 2 aromatic heterocycles. The Morgan fingerprint density at radius 3 is 2.88 bits per heavy atom. The highest BCUT2D eigenvalue weighted by Gasteiger charge is 2.14. The van der Waals surface area contributed by atoms with Crippen LogP contribution < -0.4 is 5.32 Å². The molecule has 92 valence electrons. The van der Waals surface area contributed by atoms with Crippen LogP contribution in [0.5, 0.6) is 0 Å². The molecule has 0 amide bonds. The van der Waals surface area contributed by atoms with Gasteiger partial charge in [-0.2, -0.15) is 4.98 Å². The van der Waals surface area contributed by atoms with Crippen molar-refractivity contribution in [3.63, 3.8) is 0 Å². The molecule has 1 unspecified atom stereocenters. The third-order valence-electron chi connectivity index (χ3n) is 2.84. The fourth-order valence-corrected chi connectivity index (χ4v) is 2.05. The minimum atomic E-state index is 0.376. The van der Waals surface area contributed by atoms with Gasteiger partial charge in [0.15, 0.2) is 5.82 Å². The summed E-state index contributed by atoms with van der Waals surface area (Å²) in [5.41, 5.74) is 1.28. The second kappa shape index (κ2) is 5.14. The van der Waals surface area contributed by atoms with Crippen LogP contribution in [0.4, 0.5) is 0 Å². The highest BCUT2D eigenvalue weighted by Crippen LogP contribution is 2.21. The molecular formula is C12H18N4O. The topological polar surface area (TPSA) is 55.9 Å². The minimum absolute atomic E-state index is 0.376. The molecule has 0 saturated heterocycles. The second-order valence-corrected chi connectivity index (χ2v) is 4.47. The van der Waals surface area contributed by atoms with E-state index in [1.165, 1.54) is 12.0 Å². The molecule has 2 heterocycles. The number of nitrogens with zero attached hydrogens (tertiary/aromatic N) is 3. The Morgan fingerprint density at radius 1 is 1.47 bits per heavy atom. The zero-order valence-corrected chi connectivity index (χ0v) is 10.4.